The highest BCUT2D eigenvalue weighted by molar-refractivity contribution is 6.30. The van der Waals surface area contributed by atoms with Crippen LogP contribution in [0.3, 0.4) is 0 Å². The standard InChI is InChI=1S/C18H23ClN2/c1-4-11-20-18(17-10-9-16(19)12-21-17)15-7-5-14(6-8-15)13(2)3/h5-10,12-13,18,20H,4,11H2,1-3H3. The van der Waals surface area contributed by atoms with Gasteiger partial charge in [-0.3, -0.25) is 4.98 Å². The molecule has 1 aromatic heterocycles. The van der Waals surface area contributed by atoms with Gasteiger partial charge in [-0.2, -0.15) is 0 Å². The summed E-state index contributed by atoms with van der Waals surface area (Å²) >= 11 is 5.94. The number of pyridine rings is 1. The molecular weight excluding hydrogens is 280 g/mol. The van der Waals surface area contributed by atoms with Gasteiger partial charge in [0.05, 0.1) is 16.8 Å². The van der Waals surface area contributed by atoms with Gasteiger partial charge in [0, 0.05) is 6.20 Å². The summed E-state index contributed by atoms with van der Waals surface area (Å²) in [6.45, 7) is 7.55. The summed E-state index contributed by atoms with van der Waals surface area (Å²) in [6, 6.07) is 12.8. The number of nitrogens with one attached hydrogen (secondary N) is 1. The van der Waals surface area contributed by atoms with Crippen molar-refractivity contribution < 1.29 is 0 Å². The van der Waals surface area contributed by atoms with E-state index in [2.05, 4.69) is 55.3 Å². The smallest absolute Gasteiger partial charge is 0.0751 e. The molecule has 0 spiro atoms. The average molecular weight is 303 g/mol. The topological polar surface area (TPSA) is 24.9 Å². The molecule has 1 unspecified atom stereocenters. The van der Waals surface area contributed by atoms with E-state index in [0.29, 0.717) is 10.9 Å². The lowest BCUT2D eigenvalue weighted by atomic mass is 9.97. The van der Waals surface area contributed by atoms with Gasteiger partial charge in [-0.05, 0) is 42.1 Å². The molecule has 0 aliphatic heterocycles. The monoisotopic (exact) mass is 302 g/mol. The summed E-state index contributed by atoms with van der Waals surface area (Å²) in [5.41, 5.74) is 3.60. The minimum Gasteiger partial charge on any atom is -0.305 e. The van der Waals surface area contributed by atoms with Crippen LogP contribution in [0.5, 0.6) is 0 Å². The van der Waals surface area contributed by atoms with Gasteiger partial charge in [0.15, 0.2) is 0 Å². The molecular formula is C18H23ClN2. The second kappa shape index (κ2) is 7.58. The van der Waals surface area contributed by atoms with Gasteiger partial charge in [0.25, 0.3) is 0 Å². The summed E-state index contributed by atoms with van der Waals surface area (Å²) < 4.78 is 0. The van der Waals surface area contributed by atoms with Crippen molar-refractivity contribution in [1.82, 2.24) is 10.3 Å². The molecule has 0 saturated heterocycles. The molecule has 2 nitrogen and oxygen atoms in total. The molecule has 3 heteroatoms. The van der Waals surface area contributed by atoms with Gasteiger partial charge in [-0.15, -0.1) is 0 Å². The average Bonchev–Trinajstić information content (AvgIpc) is 2.50. The van der Waals surface area contributed by atoms with Gasteiger partial charge in [0.2, 0.25) is 0 Å². The summed E-state index contributed by atoms with van der Waals surface area (Å²) in [5.74, 6) is 0.551. The fraction of sp³-hybridized carbons (Fsp3) is 0.389. The maximum Gasteiger partial charge on any atom is 0.0751 e. The molecule has 1 heterocycles. The van der Waals surface area contributed by atoms with Crippen molar-refractivity contribution in [3.8, 4) is 0 Å². The predicted octanol–water partition coefficient (Wildman–Crippen LogP) is 4.95. The maximum atomic E-state index is 5.94. The second-order valence-corrected chi connectivity index (χ2v) is 6.05. The SMILES string of the molecule is CCCNC(c1ccc(C(C)C)cc1)c1ccc(Cl)cn1. The molecule has 0 fully saturated rings. The van der Waals surface area contributed by atoms with Crippen molar-refractivity contribution in [2.75, 3.05) is 6.54 Å². The van der Waals surface area contributed by atoms with Crippen molar-refractivity contribution in [2.24, 2.45) is 0 Å². The Kier molecular flexibility index (Phi) is 5.77. The van der Waals surface area contributed by atoms with Crippen LogP contribution < -0.4 is 5.32 Å². The molecule has 2 aromatic rings. The van der Waals surface area contributed by atoms with Gasteiger partial charge >= 0.3 is 0 Å². The zero-order valence-electron chi connectivity index (χ0n) is 12.9. The summed E-state index contributed by atoms with van der Waals surface area (Å²) in [5, 5.41) is 4.23. The van der Waals surface area contributed by atoms with Crippen LogP contribution in [0.1, 0.15) is 56.0 Å². The van der Waals surface area contributed by atoms with E-state index in [1.54, 1.807) is 6.20 Å². The Morgan fingerprint density at radius 2 is 1.71 bits per heavy atom. The Morgan fingerprint density at radius 3 is 2.24 bits per heavy atom. The van der Waals surface area contributed by atoms with E-state index in [-0.39, 0.29) is 6.04 Å². The number of hydrogen-bond acceptors (Lipinski definition) is 2. The van der Waals surface area contributed by atoms with Crippen molar-refractivity contribution in [1.29, 1.82) is 0 Å². The number of benzene rings is 1. The quantitative estimate of drug-likeness (QED) is 0.817. The van der Waals surface area contributed by atoms with E-state index in [1.165, 1.54) is 11.1 Å². The van der Waals surface area contributed by atoms with Gasteiger partial charge in [-0.25, -0.2) is 0 Å². The molecule has 0 radical (unpaired) electrons. The van der Waals surface area contributed by atoms with Crippen LogP contribution in [0.4, 0.5) is 0 Å². The number of rotatable bonds is 6. The Hall–Kier alpha value is -1.38. The fourth-order valence-electron chi connectivity index (χ4n) is 2.31. The van der Waals surface area contributed by atoms with E-state index in [1.807, 2.05) is 12.1 Å². The van der Waals surface area contributed by atoms with Crippen LogP contribution in [-0.2, 0) is 0 Å². The van der Waals surface area contributed by atoms with Gasteiger partial charge in [0.1, 0.15) is 0 Å². The minimum absolute atomic E-state index is 0.114. The van der Waals surface area contributed by atoms with Crippen molar-refractivity contribution >= 4 is 11.6 Å². The van der Waals surface area contributed by atoms with E-state index < -0.39 is 0 Å². The van der Waals surface area contributed by atoms with E-state index in [4.69, 9.17) is 11.6 Å². The highest BCUT2D eigenvalue weighted by Gasteiger charge is 2.14. The first-order chi connectivity index (χ1) is 10.1. The zero-order valence-corrected chi connectivity index (χ0v) is 13.7. The number of nitrogens with zero attached hydrogens (tertiary/aromatic N) is 1. The Morgan fingerprint density at radius 1 is 1.05 bits per heavy atom. The first-order valence-corrected chi connectivity index (χ1v) is 7.94. The molecule has 21 heavy (non-hydrogen) atoms. The maximum absolute atomic E-state index is 5.94. The summed E-state index contributed by atoms with van der Waals surface area (Å²) in [4.78, 5) is 4.47. The largest absolute Gasteiger partial charge is 0.305 e. The molecule has 112 valence electrons. The fourth-order valence-corrected chi connectivity index (χ4v) is 2.43. The van der Waals surface area contributed by atoms with Crippen LogP contribution in [0.25, 0.3) is 0 Å². The Bertz CT molecular complexity index is 546. The van der Waals surface area contributed by atoms with Crippen molar-refractivity contribution in [3.63, 3.8) is 0 Å². The molecule has 0 amide bonds. The Labute approximate surface area is 132 Å². The minimum atomic E-state index is 0.114. The Balaban J connectivity index is 2.28. The van der Waals surface area contributed by atoms with E-state index in [0.717, 1.165) is 18.7 Å². The van der Waals surface area contributed by atoms with Gasteiger partial charge in [-0.1, -0.05) is 56.6 Å². The molecule has 2 rings (SSSR count). The third-order valence-electron chi connectivity index (χ3n) is 3.58. The number of hydrogen-bond donors (Lipinski definition) is 1. The highest BCUT2D eigenvalue weighted by Crippen LogP contribution is 2.24. The molecule has 1 atom stereocenters. The first-order valence-electron chi connectivity index (χ1n) is 7.56. The summed E-state index contributed by atoms with van der Waals surface area (Å²) in [7, 11) is 0. The second-order valence-electron chi connectivity index (χ2n) is 5.61. The van der Waals surface area contributed by atoms with Crippen molar-refractivity contribution in [2.45, 2.75) is 39.2 Å². The summed E-state index contributed by atoms with van der Waals surface area (Å²) in [6.07, 6.45) is 2.80. The number of aromatic nitrogens is 1. The molecule has 0 saturated carbocycles. The van der Waals surface area contributed by atoms with Crippen LogP contribution in [-0.4, -0.2) is 11.5 Å². The van der Waals surface area contributed by atoms with Crippen LogP contribution in [0, 0.1) is 0 Å². The predicted molar refractivity (Wildman–Crippen MR) is 89.9 cm³/mol. The zero-order chi connectivity index (χ0) is 15.2. The van der Waals surface area contributed by atoms with Crippen LogP contribution in [0.15, 0.2) is 42.6 Å². The lowest BCUT2D eigenvalue weighted by Crippen LogP contribution is -2.24. The lowest BCUT2D eigenvalue weighted by molar-refractivity contribution is 0.586. The molecule has 0 aliphatic rings. The van der Waals surface area contributed by atoms with E-state index >= 15 is 0 Å². The van der Waals surface area contributed by atoms with Gasteiger partial charge < -0.3 is 5.32 Å². The lowest BCUT2D eigenvalue weighted by Gasteiger charge is -2.19. The molecule has 1 aromatic carbocycles. The van der Waals surface area contributed by atoms with Crippen molar-refractivity contribution in [3.05, 3.63) is 64.4 Å². The molecule has 1 N–H and O–H groups in total. The molecule has 0 aliphatic carbocycles. The van der Waals surface area contributed by atoms with Crippen LogP contribution >= 0.6 is 11.6 Å². The third-order valence-corrected chi connectivity index (χ3v) is 3.80. The first kappa shape index (κ1) is 16.0. The normalized spacial score (nSPS) is 12.6. The van der Waals surface area contributed by atoms with E-state index in [9.17, 15) is 0 Å². The number of halogens is 1. The highest BCUT2D eigenvalue weighted by atomic mass is 35.5. The third kappa shape index (κ3) is 4.29. The molecule has 0 bridgehead atoms. The van der Waals surface area contributed by atoms with Crippen LogP contribution in [0.2, 0.25) is 5.02 Å².